The second-order valence-electron chi connectivity index (χ2n) is 7.40. The Morgan fingerprint density at radius 2 is 2.00 bits per heavy atom. The highest BCUT2D eigenvalue weighted by molar-refractivity contribution is 5.85. The first-order chi connectivity index (χ1) is 12.9. The summed E-state index contributed by atoms with van der Waals surface area (Å²) in [5, 5.41) is 0.753. The minimum Gasteiger partial charge on any atom is -0.490 e. The van der Waals surface area contributed by atoms with Gasteiger partial charge in [-0.15, -0.1) is 0 Å². The van der Waals surface area contributed by atoms with Crippen LogP contribution in [0.25, 0.3) is 11.0 Å². The molecule has 0 spiro atoms. The number of carbonyl (C=O) groups is 1. The summed E-state index contributed by atoms with van der Waals surface area (Å²) in [7, 11) is 1.50. The van der Waals surface area contributed by atoms with Crippen LogP contribution in [0, 0.1) is 5.92 Å². The Labute approximate surface area is 156 Å². The number of fused-ring (bicyclic) bond motifs is 1. The Balaban J connectivity index is 1.42. The molecule has 2 saturated heterocycles. The van der Waals surface area contributed by atoms with Crippen molar-refractivity contribution in [3.8, 4) is 11.5 Å². The molecule has 1 aromatic heterocycles. The van der Waals surface area contributed by atoms with Crippen LogP contribution in [0.2, 0.25) is 0 Å². The van der Waals surface area contributed by atoms with Gasteiger partial charge in [0.05, 0.1) is 18.6 Å². The van der Waals surface area contributed by atoms with Crippen molar-refractivity contribution in [2.75, 3.05) is 13.7 Å². The number of cyclic esters (lactones) is 1. The van der Waals surface area contributed by atoms with E-state index in [1.54, 1.807) is 12.1 Å². The molecule has 0 saturated carbocycles. The van der Waals surface area contributed by atoms with Crippen molar-refractivity contribution in [3.63, 3.8) is 0 Å². The maximum absolute atomic E-state index is 11.6. The molecule has 0 aliphatic carbocycles. The Bertz CT molecular complexity index is 934. The molecular weight excluding hydrogens is 352 g/mol. The molecule has 2 aliphatic rings. The van der Waals surface area contributed by atoms with Gasteiger partial charge in [0.1, 0.15) is 18.8 Å². The number of ether oxygens (including phenoxy) is 4. The van der Waals surface area contributed by atoms with E-state index in [1.807, 2.05) is 19.9 Å². The summed E-state index contributed by atoms with van der Waals surface area (Å²) in [6.45, 7) is 4.20. The van der Waals surface area contributed by atoms with E-state index in [2.05, 4.69) is 0 Å². The first-order valence-electron chi connectivity index (χ1n) is 9.01. The molecule has 0 bridgehead atoms. The topological polar surface area (TPSA) is 87.5 Å². The average molecular weight is 374 g/mol. The van der Waals surface area contributed by atoms with Crippen molar-refractivity contribution in [1.29, 1.82) is 0 Å². The molecule has 7 nitrogen and oxygen atoms in total. The van der Waals surface area contributed by atoms with Crippen LogP contribution in [-0.2, 0) is 14.3 Å². The number of carbonyl (C=O) groups excluding carboxylic acids is 1. The average Bonchev–Trinajstić information content (AvgIpc) is 3.16. The minimum absolute atomic E-state index is 0.0523. The lowest BCUT2D eigenvalue weighted by atomic mass is 9.96. The highest BCUT2D eigenvalue weighted by Gasteiger charge is 2.55. The second-order valence-corrected chi connectivity index (χ2v) is 7.40. The molecule has 1 aromatic carbocycles. The molecule has 4 rings (SSSR count). The third-order valence-corrected chi connectivity index (χ3v) is 5.27. The van der Waals surface area contributed by atoms with E-state index >= 15 is 0 Å². The predicted molar refractivity (Wildman–Crippen MR) is 96.1 cm³/mol. The van der Waals surface area contributed by atoms with Gasteiger partial charge in [-0.25, -0.2) is 4.79 Å². The summed E-state index contributed by atoms with van der Waals surface area (Å²) in [5.41, 5.74) is -0.462. The Morgan fingerprint density at radius 1 is 1.22 bits per heavy atom. The van der Waals surface area contributed by atoms with Crippen molar-refractivity contribution in [2.45, 2.75) is 44.5 Å². The quantitative estimate of drug-likeness (QED) is 0.436. The molecular formula is C20H22O7. The summed E-state index contributed by atoms with van der Waals surface area (Å²) in [5.74, 6) is 0.673. The van der Waals surface area contributed by atoms with Crippen LogP contribution in [0.4, 0.5) is 0 Å². The van der Waals surface area contributed by atoms with Gasteiger partial charge in [-0.1, -0.05) is 6.92 Å². The highest BCUT2D eigenvalue weighted by Crippen LogP contribution is 2.44. The Hall–Kier alpha value is -2.54. The zero-order chi connectivity index (χ0) is 19.2. The molecule has 0 amide bonds. The number of hydrogen-bond donors (Lipinski definition) is 0. The van der Waals surface area contributed by atoms with Crippen LogP contribution in [-0.4, -0.2) is 37.5 Å². The zero-order valence-corrected chi connectivity index (χ0v) is 15.5. The van der Waals surface area contributed by atoms with Crippen LogP contribution in [0.5, 0.6) is 11.5 Å². The van der Waals surface area contributed by atoms with Gasteiger partial charge in [-0.05, 0) is 31.5 Å². The second kappa shape index (κ2) is 6.56. The van der Waals surface area contributed by atoms with E-state index in [0.29, 0.717) is 30.1 Å². The van der Waals surface area contributed by atoms with Gasteiger partial charge in [0, 0.05) is 17.9 Å². The first kappa shape index (κ1) is 17.9. The van der Waals surface area contributed by atoms with E-state index in [-0.39, 0.29) is 29.7 Å². The fourth-order valence-corrected chi connectivity index (χ4v) is 3.64. The first-order valence-corrected chi connectivity index (χ1v) is 9.01. The summed E-state index contributed by atoms with van der Waals surface area (Å²) < 4.78 is 27.7. The maximum Gasteiger partial charge on any atom is 0.336 e. The molecule has 7 heteroatoms. The normalized spacial score (nSPS) is 29.6. The smallest absolute Gasteiger partial charge is 0.336 e. The van der Waals surface area contributed by atoms with Crippen molar-refractivity contribution in [2.24, 2.45) is 5.92 Å². The molecule has 3 heterocycles. The van der Waals surface area contributed by atoms with Gasteiger partial charge in [-0.2, -0.15) is 0 Å². The molecule has 4 unspecified atom stereocenters. The predicted octanol–water partition coefficient (Wildman–Crippen LogP) is 2.68. The summed E-state index contributed by atoms with van der Waals surface area (Å²) in [4.78, 5) is 23.1. The number of rotatable bonds is 6. The van der Waals surface area contributed by atoms with Crippen molar-refractivity contribution in [1.82, 2.24) is 0 Å². The Kier molecular flexibility index (Phi) is 4.34. The van der Waals surface area contributed by atoms with Crippen LogP contribution >= 0.6 is 0 Å². The van der Waals surface area contributed by atoms with E-state index in [4.69, 9.17) is 23.4 Å². The third kappa shape index (κ3) is 3.39. The number of esters is 1. The van der Waals surface area contributed by atoms with E-state index < -0.39 is 5.63 Å². The van der Waals surface area contributed by atoms with Crippen LogP contribution in [0.3, 0.4) is 0 Å². The van der Waals surface area contributed by atoms with E-state index in [1.165, 1.54) is 13.2 Å². The lowest BCUT2D eigenvalue weighted by molar-refractivity contribution is -0.144. The minimum atomic E-state index is -0.448. The highest BCUT2D eigenvalue weighted by atomic mass is 16.6. The molecule has 144 valence electrons. The van der Waals surface area contributed by atoms with Gasteiger partial charge in [0.15, 0.2) is 11.3 Å². The van der Waals surface area contributed by atoms with Crippen molar-refractivity contribution in [3.05, 3.63) is 34.7 Å². The SMILES string of the molecule is COc1c(OCC2OC2(C)CC2CC(C)C(=O)O2)ccc2ccc(=O)oc12. The van der Waals surface area contributed by atoms with Crippen LogP contribution in [0.15, 0.2) is 33.5 Å². The zero-order valence-electron chi connectivity index (χ0n) is 15.5. The van der Waals surface area contributed by atoms with Crippen LogP contribution in [0.1, 0.15) is 26.7 Å². The maximum atomic E-state index is 11.6. The number of epoxide rings is 1. The van der Waals surface area contributed by atoms with Gasteiger partial charge in [-0.3, -0.25) is 4.79 Å². The molecule has 27 heavy (non-hydrogen) atoms. The largest absolute Gasteiger partial charge is 0.490 e. The van der Waals surface area contributed by atoms with Crippen molar-refractivity contribution >= 4 is 16.9 Å². The lowest BCUT2D eigenvalue weighted by Crippen LogP contribution is -2.22. The number of methoxy groups -OCH3 is 1. The van der Waals surface area contributed by atoms with Gasteiger partial charge < -0.3 is 23.4 Å². The number of benzene rings is 1. The van der Waals surface area contributed by atoms with Crippen LogP contribution < -0.4 is 15.1 Å². The number of hydrogen-bond acceptors (Lipinski definition) is 7. The summed E-state index contributed by atoms with van der Waals surface area (Å²) >= 11 is 0. The summed E-state index contributed by atoms with van der Waals surface area (Å²) in [6.07, 6.45) is 1.17. The summed E-state index contributed by atoms with van der Waals surface area (Å²) in [6, 6.07) is 6.63. The molecule has 0 radical (unpaired) electrons. The van der Waals surface area contributed by atoms with E-state index in [0.717, 1.165) is 11.8 Å². The standard InChI is InChI=1S/C20H22O7/c1-11-8-13(25-19(11)22)9-20(2)15(27-20)10-24-14-6-4-12-5-7-16(21)26-17(12)18(14)23-3/h4-7,11,13,15H,8-10H2,1-3H3. The van der Waals surface area contributed by atoms with E-state index in [9.17, 15) is 9.59 Å². The fraction of sp³-hybridized carbons (Fsp3) is 0.500. The molecule has 2 fully saturated rings. The van der Waals surface area contributed by atoms with Gasteiger partial charge in [0.2, 0.25) is 5.75 Å². The lowest BCUT2D eigenvalue weighted by Gasteiger charge is -2.14. The Morgan fingerprint density at radius 3 is 2.70 bits per heavy atom. The molecule has 4 atom stereocenters. The molecule has 0 N–H and O–H groups in total. The monoisotopic (exact) mass is 374 g/mol. The third-order valence-electron chi connectivity index (χ3n) is 5.27. The van der Waals surface area contributed by atoms with Crippen molar-refractivity contribution < 1.29 is 28.2 Å². The molecule has 2 aromatic rings. The molecule has 2 aliphatic heterocycles. The fourth-order valence-electron chi connectivity index (χ4n) is 3.64. The van der Waals surface area contributed by atoms with Gasteiger partial charge in [0.25, 0.3) is 0 Å². The van der Waals surface area contributed by atoms with Gasteiger partial charge >= 0.3 is 11.6 Å².